The highest BCUT2D eigenvalue weighted by Gasteiger charge is 2.27. The fourth-order valence-electron chi connectivity index (χ4n) is 2.91. The fourth-order valence-corrected chi connectivity index (χ4v) is 4.74. The summed E-state index contributed by atoms with van der Waals surface area (Å²) in [6, 6.07) is 17.8. The molecule has 0 aromatic heterocycles. The molecule has 0 aliphatic carbocycles. The molecule has 5 nitrogen and oxygen atoms in total. The average molecular weight is 498 g/mol. The molecule has 162 valence electrons. The average Bonchev–Trinajstić information content (AvgIpc) is 2.70. The maximum Gasteiger partial charge on any atom is 0.243 e. The highest BCUT2D eigenvalue weighted by atomic mass is 35.5. The lowest BCUT2D eigenvalue weighted by Crippen LogP contribution is -2.37. The number of halogens is 3. The minimum absolute atomic E-state index is 0.0281. The van der Waals surface area contributed by atoms with Crippen molar-refractivity contribution in [2.45, 2.75) is 18.4 Å². The van der Waals surface area contributed by atoms with Gasteiger partial charge in [0, 0.05) is 17.3 Å². The van der Waals surface area contributed by atoms with Crippen LogP contribution >= 0.6 is 34.8 Å². The quantitative estimate of drug-likeness (QED) is 0.449. The van der Waals surface area contributed by atoms with E-state index in [0.717, 1.165) is 9.87 Å². The number of sulfonamides is 1. The van der Waals surface area contributed by atoms with Gasteiger partial charge in [-0.25, -0.2) is 8.42 Å². The van der Waals surface area contributed by atoms with Gasteiger partial charge in [-0.05, 0) is 66.6 Å². The molecule has 1 N–H and O–H groups in total. The Bertz CT molecular complexity index is 1200. The van der Waals surface area contributed by atoms with Crippen molar-refractivity contribution in [2.24, 2.45) is 0 Å². The Balaban J connectivity index is 1.90. The number of nitrogens with one attached hydrogen (secondary N) is 1. The molecule has 3 rings (SSSR count). The molecule has 0 saturated heterocycles. The highest BCUT2D eigenvalue weighted by molar-refractivity contribution is 7.89. The van der Waals surface area contributed by atoms with E-state index in [-0.39, 0.29) is 18.0 Å². The van der Waals surface area contributed by atoms with Crippen molar-refractivity contribution in [1.82, 2.24) is 4.31 Å². The van der Waals surface area contributed by atoms with Gasteiger partial charge >= 0.3 is 0 Å². The number of carbonyl (C=O) groups excluding carboxylic acids is 1. The van der Waals surface area contributed by atoms with Gasteiger partial charge in [0.2, 0.25) is 15.9 Å². The number of carbonyl (C=O) groups is 1. The van der Waals surface area contributed by atoms with Crippen LogP contribution < -0.4 is 5.32 Å². The zero-order valence-corrected chi connectivity index (χ0v) is 19.6. The summed E-state index contributed by atoms with van der Waals surface area (Å²) in [6.07, 6.45) is 0. The van der Waals surface area contributed by atoms with Gasteiger partial charge in [0.05, 0.1) is 21.5 Å². The number of rotatable bonds is 7. The van der Waals surface area contributed by atoms with Gasteiger partial charge in [0.25, 0.3) is 0 Å². The summed E-state index contributed by atoms with van der Waals surface area (Å²) in [7, 11) is -4.00. The van der Waals surface area contributed by atoms with Crippen molar-refractivity contribution >= 4 is 56.4 Å². The van der Waals surface area contributed by atoms with Crippen molar-refractivity contribution in [3.8, 4) is 0 Å². The lowest BCUT2D eigenvalue weighted by molar-refractivity contribution is -0.116. The van der Waals surface area contributed by atoms with E-state index >= 15 is 0 Å². The Morgan fingerprint density at radius 3 is 2.29 bits per heavy atom. The molecule has 0 heterocycles. The predicted octanol–water partition coefficient (Wildman–Crippen LogP) is 5.78. The van der Waals surface area contributed by atoms with E-state index in [1.54, 1.807) is 30.3 Å². The smallest absolute Gasteiger partial charge is 0.243 e. The van der Waals surface area contributed by atoms with Crippen LogP contribution in [0.3, 0.4) is 0 Å². The van der Waals surface area contributed by atoms with Crippen LogP contribution in [0.1, 0.15) is 11.1 Å². The Labute approximate surface area is 196 Å². The first-order valence-corrected chi connectivity index (χ1v) is 11.8. The van der Waals surface area contributed by atoms with Crippen LogP contribution in [0.5, 0.6) is 0 Å². The normalized spacial score (nSPS) is 11.5. The van der Waals surface area contributed by atoms with Gasteiger partial charge in [-0.15, -0.1) is 0 Å². The standard InChI is InChI=1S/C22H19Cl3N2O3S/c1-15-3-2-4-18(11-15)26-22(28)14-27(13-16-5-10-20(24)21(25)12-16)31(29,30)19-8-6-17(23)7-9-19/h2-12H,13-14H2,1H3,(H,26,28). The first-order chi connectivity index (χ1) is 14.6. The van der Waals surface area contributed by atoms with E-state index in [0.29, 0.717) is 26.3 Å². The molecule has 3 aromatic rings. The van der Waals surface area contributed by atoms with Gasteiger partial charge in [-0.3, -0.25) is 4.79 Å². The minimum Gasteiger partial charge on any atom is -0.325 e. The lowest BCUT2D eigenvalue weighted by Gasteiger charge is -2.22. The summed E-state index contributed by atoms with van der Waals surface area (Å²) in [5.74, 6) is -0.469. The molecule has 0 radical (unpaired) electrons. The number of hydrogen-bond acceptors (Lipinski definition) is 3. The highest BCUT2D eigenvalue weighted by Crippen LogP contribution is 2.25. The van der Waals surface area contributed by atoms with Crippen LogP contribution in [0.4, 0.5) is 5.69 Å². The molecular formula is C22H19Cl3N2O3S. The number of hydrogen-bond donors (Lipinski definition) is 1. The molecule has 0 aliphatic rings. The van der Waals surface area contributed by atoms with Crippen LogP contribution in [-0.2, 0) is 21.4 Å². The zero-order chi connectivity index (χ0) is 22.6. The molecular weight excluding hydrogens is 479 g/mol. The summed E-state index contributed by atoms with van der Waals surface area (Å²) in [4.78, 5) is 12.7. The molecule has 0 saturated carbocycles. The first kappa shape index (κ1) is 23.6. The summed E-state index contributed by atoms with van der Waals surface area (Å²) >= 11 is 17.9. The Morgan fingerprint density at radius 2 is 1.65 bits per heavy atom. The summed E-state index contributed by atoms with van der Waals surface area (Å²) in [5, 5.41) is 3.80. The van der Waals surface area contributed by atoms with E-state index in [9.17, 15) is 13.2 Å². The molecule has 1 amide bonds. The molecule has 0 aliphatic heterocycles. The number of aryl methyl sites for hydroxylation is 1. The molecule has 0 bridgehead atoms. The van der Waals surface area contributed by atoms with E-state index < -0.39 is 15.9 Å². The fraction of sp³-hybridized carbons (Fsp3) is 0.136. The Hall–Kier alpha value is -2.09. The van der Waals surface area contributed by atoms with Crippen LogP contribution in [0.25, 0.3) is 0 Å². The SMILES string of the molecule is Cc1cccc(NC(=O)CN(Cc2ccc(Cl)c(Cl)c2)S(=O)(=O)c2ccc(Cl)cc2)c1. The summed E-state index contributed by atoms with van der Waals surface area (Å²) in [5.41, 5.74) is 2.15. The molecule has 0 atom stereocenters. The molecule has 0 unspecified atom stereocenters. The van der Waals surface area contributed by atoms with Crippen molar-refractivity contribution in [2.75, 3.05) is 11.9 Å². The first-order valence-electron chi connectivity index (χ1n) is 9.21. The van der Waals surface area contributed by atoms with E-state index in [2.05, 4.69) is 5.32 Å². The van der Waals surface area contributed by atoms with E-state index in [4.69, 9.17) is 34.8 Å². The van der Waals surface area contributed by atoms with Crippen molar-refractivity contribution in [1.29, 1.82) is 0 Å². The molecule has 9 heteroatoms. The maximum absolute atomic E-state index is 13.3. The van der Waals surface area contributed by atoms with Gasteiger partial charge in [0.15, 0.2) is 0 Å². The van der Waals surface area contributed by atoms with Gasteiger partial charge < -0.3 is 5.32 Å². The van der Waals surface area contributed by atoms with E-state index in [1.807, 2.05) is 19.1 Å². The van der Waals surface area contributed by atoms with E-state index in [1.165, 1.54) is 24.3 Å². The summed E-state index contributed by atoms with van der Waals surface area (Å²) < 4.78 is 27.7. The van der Waals surface area contributed by atoms with Gasteiger partial charge in [-0.2, -0.15) is 4.31 Å². The van der Waals surface area contributed by atoms with Crippen LogP contribution in [-0.4, -0.2) is 25.2 Å². The number of anilines is 1. The van der Waals surface area contributed by atoms with Gasteiger partial charge in [0.1, 0.15) is 0 Å². The third-order valence-electron chi connectivity index (χ3n) is 4.42. The third kappa shape index (κ3) is 6.21. The molecule has 31 heavy (non-hydrogen) atoms. The second-order valence-corrected chi connectivity index (χ2v) is 10.1. The molecule has 0 spiro atoms. The molecule has 0 fully saturated rings. The monoisotopic (exact) mass is 496 g/mol. The van der Waals surface area contributed by atoms with Crippen LogP contribution in [0, 0.1) is 6.92 Å². The molecule has 3 aromatic carbocycles. The predicted molar refractivity (Wildman–Crippen MR) is 125 cm³/mol. The van der Waals surface area contributed by atoms with Crippen molar-refractivity contribution in [3.05, 3.63) is 92.9 Å². The minimum atomic E-state index is -4.00. The van der Waals surface area contributed by atoms with Gasteiger partial charge in [-0.1, -0.05) is 53.0 Å². The zero-order valence-electron chi connectivity index (χ0n) is 16.5. The number of nitrogens with zero attached hydrogens (tertiary/aromatic N) is 1. The second kappa shape index (κ2) is 10.0. The van der Waals surface area contributed by atoms with Crippen molar-refractivity contribution < 1.29 is 13.2 Å². The van der Waals surface area contributed by atoms with Crippen molar-refractivity contribution in [3.63, 3.8) is 0 Å². The Morgan fingerprint density at radius 1 is 0.935 bits per heavy atom. The largest absolute Gasteiger partial charge is 0.325 e. The maximum atomic E-state index is 13.3. The third-order valence-corrected chi connectivity index (χ3v) is 7.21. The number of amides is 1. The van der Waals surface area contributed by atoms with Crippen LogP contribution in [0.2, 0.25) is 15.1 Å². The second-order valence-electron chi connectivity index (χ2n) is 6.89. The lowest BCUT2D eigenvalue weighted by atomic mass is 10.2. The Kier molecular flexibility index (Phi) is 7.62. The summed E-state index contributed by atoms with van der Waals surface area (Å²) in [6.45, 7) is 1.44. The topological polar surface area (TPSA) is 66.5 Å². The number of benzene rings is 3. The van der Waals surface area contributed by atoms with Crippen LogP contribution in [0.15, 0.2) is 71.6 Å².